The smallest absolute Gasteiger partial charge is 0.354 e. The van der Waals surface area contributed by atoms with Crippen LogP contribution in [0.1, 0.15) is 27.0 Å². The first-order chi connectivity index (χ1) is 13.2. The number of rotatable bonds is 4. The number of alkyl halides is 3. The molecular weight excluding hydrogens is 367 g/mol. The van der Waals surface area contributed by atoms with Gasteiger partial charge >= 0.3 is 6.18 Å². The lowest BCUT2D eigenvalue weighted by Crippen LogP contribution is -2.13. The van der Waals surface area contributed by atoms with Gasteiger partial charge in [0.1, 0.15) is 0 Å². The molecule has 3 rings (SSSR count). The summed E-state index contributed by atoms with van der Waals surface area (Å²) in [6.45, 7) is 3.86. The molecule has 0 saturated carbocycles. The number of benzene rings is 2. The van der Waals surface area contributed by atoms with Crippen molar-refractivity contribution in [2.24, 2.45) is 0 Å². The van der Waals surface area contributed by atoms with E-state index in [1.54, 1.807) is 0 Å². The van der Waals surface area contributed by atoms with Crippen LogP contribution in [0.25, 0.3) is 0 Å². The van der Waals surface area contributed by atoms with Gasteiger partial charge in [0.15, 0.2) is 0 Å². The molecule has 0 spiro atoms. The number of carbonyl (C=O) groups excluding carboxylic acids is 1. The van der Waals surface area contributed by atoms with Gasteiger partial charge in [-0.1, -0.05) is 23.8 Å². The summed E-state index contributed by atoms with van der Waals surface area (Å²) in [5.74, 6) is -0.354. The Kier molecular flexibility index (Phi) is 5.35. The summed E-state index contributed by atoms with van der Waals surface area (Å²) in [5.41, 5.74) is 2.90. The van der Waals surface area contributed by atoms with E-state index in [1.165, 1.54) is 30.6 Å². The fourth-order valence-corrected chi connectivity index (χ4v) is 2.72. The van der Waals surface area contributed by atoms with Gasteiger partial charge in [-0.2, -0.15) is 13.2 Å². The fourth-order valence-electron chi connectivity index (χ4n) is 2.72. The minimum atomic E-state index is -4.43. The first-order valence-electron chi connectivity index (χ1n) is 8.50. The van der Waals surface area contributed by atoms with Crippen molar-refractivity contribution in [3.8, 4) is 0 Å². The van der Waals surface area contributed by atoms with Gasteiger partial charge in [-0.25, -0.2) is 0 Å². The van der Waals surface area contributed by atoms with Crippen molar-refractivity contribution >= 4 is 23.0 Å². The highest BCUT2D eigenvalue weighted by Crippen LogP contribution is 2.31. The number of pyridine rings is 1. The Morgan fingerprint density at radius 1 is 0.964 bits per heavy atom. The molecule has 0 radical (unpaired) electrons. The van der Waals surface area contributed by atoms with Gasteiger partial charge < -0.3 is 10.6 Å². The predicted octanol–water partition coefficient (Wildman–Crippen LogP) is 5.71. The molecule has 1 aromatic heterocycles. The number of anilines is 3. The molecule has 0 atom stereocenters. The van der Waals surface area contributed by atoms with Crippen molar-refractivity contribution in [1.82, 2.24) is 4.98 Å². The van der Waals surface area contributed by atoms with Crippen molar-refractivity contribution in [3.05, 3.63) is 83.2 Å². The summed E-state index contributed by atoms with van der Waals surface area (Å²) < 4.78 is 38.5. The Labute approximate surface area is 160 Å². The van der Waals surface area contributed by atoms with Crippen LogP contribution in [-0.2, 0) is 6.18 Å². The van der Waals surface area contributed by atoms with Crippen LogP contribution in [0.15, 0.2) is 60.9 Å². The lowest BCUT2D eigenvalue weighted by atomic mass is 10.1. The molecule has 0 aliphatic rings. The van der Waals surface area contributed by atoms with Gasteiger partial charge in [0.05, 0.1) is 23.0 Å². The molecule has 0 bridgehead atoms. The van der Waals surface area contributed by atoms with E-state index >= 15 is 0 Å². The molecule has 0 aliphatic carbocycles. The number of aryl methyl sites for hydroxylation is 2. The van der Waals surface area contributed by atoms with Crippen molar-refractivity contribution in [1.29, 1.82) is 0 Å². The Morgan fingerprint density at radius 2 is 1.75 bits per heavy atom. The van der Waals surface area contributed by atoms with E-state index in [0.29, 0.717) is 11.4 Å². The number of halogens is 3. The average Bonchev–Trinajstić information content (AvgIpc) is 2.64. The van der Waals surface area contributed by atoms with Gasteiger partial charge in [-0.3, -0.25) is 9.78 Å². The highest BCUT2D eigenvalue weighted by atomic mass is 19.4. The Bertz CT molecular complexity index is 1020. The second-order valence-corrected chi connectivity index (χ2v) is 6.44. The first-order valence-corrected chi connectivity index (χ1v) is 8.50. The monoisotopic (exact) mass is 385 g/mol. The summed E-state index contributed by atoms with van der Waals surface area (Å²) in [5, 5.41) is 5.67. The van der Waals surface area contributed by atoms with E-state index in [9.17, 15) is 18.0 Å². The van der Waals surface area contributed by atoms with Crippen molar-refractivity contribution in [2.45, 2.75) is 20.0 Å². The number of hydrogen-bond acceptors (Lipinski definition) is 3. The summed E-state index contributed by atoms with van der Waals surface area (Å²) >= 11 is 0. The van der Waals surface area contributed by atoms with E-state index in [-0.39, 0.29) is 17.2 Å². The van der Waals surface area contributed by atoms with Crippen LogP contribution in [-0.4, -0.2) is 10.9 Å². The molecule has 1 heterocycles. The molecule has 0 saturated heterocycles. The third-order valence-electron chi connectivity index (χ3n) is 4.11. The quantitative estimate of drug-likeness (QED) is 0.605. The highest BCUT2D eigenvalue weighted by molar-refractivity contribution is 6.05. The molecule has 4 nitrogen and oxygen atoms in total. The maximum absolute atomic E-state index is 12.8. The maximum Gasteiger partial charge on any atom is 0.416 e. The summed E-state index contributed by atoms with van der Waals surface area (Å²) in [6, 6.07) is 12.0. The molecule has 7 heteroatoms. The molecule has 0 aliphatic heterocycles. The maximum atomic E-state index is 12.8. The van der Waals surface area contributed by atoms with Crippen LogP contribution in [0.2, 0.25) is 0 Å². The Hall–Kier alpha value is -3.35. The zero-order valence-corrected chi connectivity index (χ0v) is 15.3. The van der Waals surface area contributed by atoms with Gasteiger partial charge in [0.25, 0.3) is 5.91 Å². The topological polar surface area (TPSA) is 54.0 Å². The van der Waals surface area contributed by atoms with Gasteiger partial charge in [0.2, 0.25) is 0 Å². The Balaban J connectivity index is 1.78. The molecule has 28 heavy (non-hydrogen) atoms. The van der Waals surface area contributed by atoms with E-state index in [2.05, 4.69) is 15.6 Å². The number of aromatic nitrogens is 1. The number of hydrogen-bond donors (Lipinski definition) is 2. The number of nitrogens with one attached hydrogen (secondary N) is 2. The average molecular weight is 385 g/mol. The molecule has 0 fully saturated rings. The van der Waals surface area contributed by atoms with E-state index < -0.39 is 11.7 Å². The minimum absolute atomic E-state index is 0.253. The van der Waals surface area contributed by atoms with Gasteiger partial charge in [-0.15, -0.1) is 0 Å². The van der Waals surface area contributed by atoms with Crippen LogP contribution < -0.4 is 10.6 Å². The van der Waals surface area contributed by atoms with Crippen molar-refractivity contribution in [3.63, 3.8) is 0 Å². The lowest BCUT2D eigenvalue weighted by Gasteiger charge is -2.12. The molecular formula is C21H18F3N3O. The minimum Gasteiger partial charge on any atom is -0.354 e. The van der Waals surface area contributed by atoms with E-state index in [1.807, 2.05) is 32.0 Å². The normalized spacial score (nSPS) is 11.2. The van der Waals surface area contributed by atoms with E-state index in [0.717, 1.165) is 23.3 Å². The third kappa shape index (κ3) is 4.68. The molecule has 2 N–H and O–H groups in total. The predicted molar refractivity (Wildman–Crippen MR) is 103 cm³/mol. The zero-order chi connectivity index (χ0) is 20.3. The zero-order valence-electron chi connectivity index (χ0n) is 15.3. The summed E-state index contributed by atoms with van der Waals surface area (Å²) in [7, 11) is 0. The van der Waals surface area contributed by atoms with Crippen LogP contribution in [0, 0.1) is 13.8 Å². The SMILES string of the molecule is Cc1ccc(NC(=O)c2cncc(Nc3cccc(C(F)(F)F)c3)c2)c(C)c1. The second-order valence-electron chi connectivity index (χ2n) is 6.44. The molecule has 0 unspecified atom stereocenters. The van der Waals surface area contributed by atoms with Gasteiger partial charge in [-0.05, 0) is 49.7 Å². The summed E-state index contributed by atoms with van der Waals surface area (Å²) in [6.07, 6.45) is -1.59. The molecule has 1 amide bonds. The second kappa shape index (κ2) is 7.72. The largest absolute Gasteiger partial charge is 0.416 e. The number of amides is 1. The van der Waals surface area contributed by atoms with Crippen molar-refractivity contribution < 1.29 is 18.0 Å². The first kappa shape index (κ1) is 19.4. The third-order valence-corrected chi connectivity index (χ3v) is 4.11. The van der Waals surface area contributed by atoms with Crippen LogP contribution in [0.5, 0.6) is 0 Å². The van der Waals surface area contributed by atoms with Gasteiger partial charge in [0, 0.05) is 17.6 Å². The van der Waals surface area contributed by atoms with Crippen LogP contribution in [0.4, 0.5) is 30.2 Å². The van der Waals surface area contributed by atoms with Crippen LogP contribution in [0.3, 0.4) is 0 Å². The Morgan fingerprint density at radius 3 is 2.46 bits per heavy atom. The highest BCUT2D eigenvalue weighted by Gasteiger charge is 2.30. The fraction of sp³-hybridized carbons (Fsp3) is 0.143. The standard InChI is InChI=1S/C21H18F3N3O/c1-13-6-7-19(14(2)8-13)27-20(28)15-9-18(12-25-11-15)26-17-5-3-4-16(10-17)21(22,23)24/h3-12,26H,1-2H3,(H,27,28). The number of nitrogens with zero attached hydrogens (tertiary/aromatic N) is 1. The molecule has 3 aromatic rings. The lowest BCUT2D eigenvalue weighted by molar-refractivity contribution is -0.137. The number of carbonyl (C=O) groups is 1. The molecule has 2 aromatic carbocycles. The van der Waals surface area contributed by atoms with E-state index in [4.69, 9.17) is 0 Å². The van der Waals surface area contributed by atoms with Crippen molar-refractivity contribution in [2.75, 3.05) is 10.6 Å². The molecule has 144 valence electrons. The van der Waals surface area contributed by atoms with Crippen LogP contribution >= 0.6 is 0 Å². The summed E-state index contributed by atoms with van der Waals surface area (Å²) in [4.78, 5) is 16.5.